The van der Waals surface area contributed by atoms with Gasteiger partial charge in [0.1, 0.15) is 5.75 Å². The first kappa shape index (κ1) is 19.5. The van der Waals surface area contributed by atoms with Crippen LogP contribution in [0.1, 0.15) is 18.4 Å². The van der Waals surface area contributed by atoms with E-state index in [1.807, 2.05) is 29.8 Å². The molecular weight excluding hydrogens is 377 g/mol. The van der Waals surface area contributed by atoms with Crippen molar-refractivity contribution in [2.75, 3.05) is 6.61 Å². The van der Waals surface area contributed by atoms with Crippen molar-refractivity contribution in [3.63, 3.8) is 0 Å². The maximum Gasteiger partial charge on any atom is 0.416 e. The molecule has 3 rings (SSSR count). The fraction of sp³-hybridized carbons (Fsp3) is 0.278. The van der Waals surface area contributed by atoms with E-state index in [1.54, 1.807) is 0 Å². The van der Waals surface area contributed by atoms with Crippen LogP contribution in [-0.4, -0.2) is 27.2 Å². The van der Waals surface area contributed by atoms with Gasteiger partial charge in [0.25, 0.3) is 5.91 Å². The van der Waals surface area contributed by atoms with E-state index in [2.05, 4.69) is 15.5 Å². The predicted molar refractivity (Wildman–Crippen MR) is 92.2 cm³/mol. The molecule has 0 radical (unpaired) electrons. The average molecular weight is 394 g/mol. The SMILES string of the molecule is CCn1cccc1-c1noc(CNC(=O)COc2cccc(C(F)(F)F)c2)n1. The summed E-state index contributed by atoms with van der Waals surface area (Å²) >= 11 is 0. The third-order valence-corrected chi connectivity index (χ3v) is 3.84. The molecule has 0 aliphatic carbocycles. The van der Waals surface area contributed by atoms with E-state index in [4.69, 9.17) is 9.26 Å². The van der Waals surface area contributed by atoms with Crippen LogP contribution in [-0.2, 0) is 24.1 Å². The lowest BCUT2D eigenvalue weighted by Gasteiger charge is -2.10. The highest BCUT2D eigenvalue weighted by atomic mass is 19.4. The summed E-state index contributed by atoms with van der Waals surface area (Å²) in [6.45, 7) is 2.26. The Labute approximate surface area is 158 Å². The molecule has 3 aromatic rings. The fourth-order valence-electron chi connectivity index (χ4n) is 2.46. The summed E-state index contributed by atoms with van der Waals surface area (Å²) in [6.07, 6.45) is -2.59. The van der Waals surface area contributed by atoms with E-state index in [0.717, 1.165) is 24.4 Å². The van der Waals surface area contributed by atoms with Gasteiger partial charge in [-0.3, -0.25) is 4.79 Å². The zero-order valence-corrected chi connectivity index (χ0v) is 14.9. The number of aromatic nitrogens is 3. The monoisotopic (exact) mass is 394 g/mol. The number of rotatable bonds is 7. The zero-order chi connectivity index (χ0) is 20.1. The molecule has 0 saturated carbocycles. The molecule has 2 heterocycles. The van der Waals surface area contributed by atoms with Gasteiger partial charge in [0.2, 0.25) is 11.7 Å². The first-order valence-electron chi connectivity index (χ1n) is 8.41. The number of hydrogen-bond acceptors (Lipinski definition) is 5. The number of benzene rings is 1. The van der Waals surface area contributed by atoms with Crippen molar-refractivity contribution >= 4 is 5.91 Å². The summed E-state index contributed by atoms with van der Waals surface area (Å²) in [6, 6.07) is 8.02. The van der Waals surface area contributed by atoms with E-state index >= 15 is 0 Å². The molecule has 0 spiro atoms. The zero-order valence-electron chi connectivity index (χ0n) is 14.9. The maximum absolute atomic E-state index is 12.7. The van der Waals surface area contributed by atoms with Crippen molar-refractivity contribution in [2.45, 2.75) is 26.2 Å². The minimum atomic E-state index is -4.48. The number of hydrogen-bond donors (Lipinski definition) is 1. The number of nitrogens with zero attached hydrogens (tertiary/aromatic N) is 3. The van der Waals surface area contributed by atoms with E-state index in [9.17, 15) is 18.0 Å². The molecule has 10 heteroatoms. The van der Waals surface area contributed by atoms with Gasteiger partial charge in [0.05, 0.1) is 17.8 Å². The van der Waals surface area contributed by atoms with Gasteiger partial charge in [0, 0.05) is 12.7 Å². The van der Waals surface area contributed by atoms with E-state index < -0.39 is 24.3 Å². The van der Waals surface area contributed by atoms with Crippen molar-refractivity contribution in [2.24, 2.45) is 0 Å². The quantitative estimate of drug-likeness (QED) is 0.665. The second-order valence-corrected chi connectivity index (χ2v) is 5.78. The van der Waals surface area contributed by atoms with Gasteiger partial charge in [-0.1, -0.05) is 11.2 Å². The van der Waals surface area contributed by atoms with Crippen LogP contribution in [0.4, 0.5) is 13.2 Å². The third kappa shape index (κ3) is 4.70. The van der Waals surface area contributed by atoms with Crippen LogP contribution in [0, 0.1) is 0 Å². The standard InChI is InChI=1S/C18H17F3N4O3/c1-2-25-8-4-7-14(25)17-23-16(28-24-17)10-22-15(26)11-27-13-6-3-5-12(9-13)18(19,20)21/h3-9H,2,10-11H2,1H3,(H,22,26). The Bertz CT molecular complexity index is 949. The minimum Gasteiger partial charge on any atom is -0.484 e. The number of nitrogens with one attached hydrogen (secondary N) is 1. The summed E-state index contributed by atoms with van der Waals surface area (Å²) in [5, 5.41) is 6.39. The maximum atomic E-state index is 12.7. The summed E-state index contributed by atoms with van der Waals surface area (Å²) < 4.78 is 50.1. The van der Waals surface area contributed by atoms with Gasteiger partial charge in [-0.2, -0.15) is 18.2 Å². The van der Waals surface area contributed by atoms with Crippen molar-refractivity contribution in [3.8, 4) is 17.3 Å². The van der Waals surface area contributed by atoms with Crippen LogP contribution < -0.4 is 10.1 Å². The number of amides is 1. The van der Waals surface area contributed by atoms with Crippen molar-refractivity contribution in [3.05, 3.63) is 54.0 Å². The molecule has 2 aromatic heterocycles. The first-order chi connectivity index (χ1) is 13.4. The average Bonchev–Trinajstić information content (AvgIpc) is 3.32. The summed E-state index contributed by atoms with van der Waals surface area (Å²) in [5.41, 5.74) is -0.0580. The lowest BCUT2D eigenvalue weighted by Crippen LogP contribution is -2.28. The molecule has 0 unspecified atom stereocenters. The summed E-state index contributed by atoms with van der Waals surface area (Å²) in [7, 11) is 0. The first-order valence-corrected chi connectivity index (χ1v) is 8.41. The van der Waals surface area contributed by atoms with E-state index in [-0.39, 0.29) is 18.2 Å². The predicted octanol–water partition coefficient (Wildman–Crippen LogP) is 3.27. The number of carbonyl (C=O) groups excluding carboxylic acids is 1. The molecule has 0 fully saturated rings. The van der Waals surface area contributed by atoms with Crippen LogP contribution in [0.3, 0.4) is 0 Å². The lowest BCUT2D eigenvalue weighted by atomic mass is 10.2. The smallest absolute Gasteiger partial charge is 0.416 e. The molecule has 0 aliphatic heterocycles. The van der Waals surface area contributed by atoms with Gasteiger partial charge < -0.3 is 19.1 Å². The van der Waals surface area contributed by atoms with Crippen molar-refractivity contribution in [1.29, 1.82) is 0 Å². The molecule has 0 saturated heterocycles. The number of ether oxygens (including phenoxy) is 1. The fourth-order valence-corrected chi connectivity index (χ4v) is 2.46. The molecule has 28 heavy (non-hydrogen) atoms. The number of carbonyl (C=O) groups is 1. The normalized spacial score (nSPS) is 11.4. The molecule has 0 atom stereocenters. The Morgan fingerprint density at radius 3 is 2.86 bits per heavy atom. The van der Waals surface area contributed by atoms with Gasteiger partial charge in [-0.25, -0.2) is 0 Å². The second kappa shape index (κ2) is 8.15. The van der Waals surface area contributed by atoms with Crippen LogP contribution in [0.25, 0.3) is 11.5 Å². The highest BCUT2D eigenvalue weighted by Gasteiger charge is 2.30. The molecule has 0 bridgehead atoms. The Morgan fingerprint density at radius 1 is 1.29 bits per heavy atom. The Hall–Kier alpha value is -3.30. The summed E-state index contributed by atoms with van der Waals surface area (Å²) in [4.78, 5) is 16.1. The highest BCUT2D eigenvalue weighted by Crippen LogP contribution is 2.31. The van der Waals surface area contributed by atoms with Gasteiger partial charge >= 0.3 is 6.18 Å². The van der Waals surface area contributed by atoms with Gasteiger partial charge in [-0.15, -0.1) is 0 Å². The van der Waals surface area contributed by atoms with Crippen LogP contribution in [0.5, 0.6) is 5.75 Å². The molecule has 1 N–H and O–H groups in total. The topological polar surface area (TPSA) is 82.2 Å². The molecule has 7 nitrogen and oxygen atoms in total. The molecule has 148 valence electrons. The van der Waals surface area contributed by atoms with Crippen LogP contribution in [0.2, 0.25) is 0 Å². The van der Waals surface area contributed by atoms with Crippen LogP contribution >= 0.6 is 0 Å². The lowest BCUT2D eigenvalue weighted by molar-refractivity contribution is -0.137. The minimum absolute atomic E-state index is 0.0232. The summed E-state index contributed by atoms with van der Waals surface area (Å²) in [5.74, 6) is 0.0158. The number of alkyl halides is 3. The Morgan fingerprint density at radius 2 is 2.11 bits per heavy atom. The number of aryl methyl sites for hydroxylation is 1. The largest absolute Gasteiger partial charge is 0.484 e. The molecule has 1 aromatic carbocycles. The highest BCUT2D eigenvalue weighted by molar-refractivity contribution is 5.77. The second-order valence-electron chi connectivity index (χ2n) is 5.78. The van der Waals surface area contributed by atoms with Crippen molar-refractivity contribution < 1.29 is 27.2 Å². The van der Waals surface area contributed by atoms with Crippen LogP contribution in [0.15, 0.2) is 47.1 Å². The Balaban J connectivity index is 1.51. The van der Waals surface area contributed by atoms with Gasteiger partial charge in [-0.05, 0) is 37.3 Å². The van der Waals surface area contributed by atoms with E-state index in [1.165, 1.54) is 12.1 Å². The Kier molecular flexibility index (Phi) is 5.67. The van der Waals surface area contributed by atoms with Gasteiger partial charge in [0.15, 0.2) is 6.61 Å². The third-order valence-electron chi connectivity index (χ3n) is 3.84. The van der Waals surface area contributed by atoms with E-state index in [0.29, 0.717) is 5.82 Å². The molecule has 1 amide bonds. The molecular formula is C18H17F3N4O3. The molecule has 0 aliphatic rings. The number of halogens is 3. The van der Waals surface area contributed by atoms with Crippen molar-refractivity contribution in [1.82, 2.24) is 20.0 Å².